The Balaban J connectivity index is 3.41. The lowest BCUT2D eigenvalue weighted by Crippen LogP contribution is -2.21. The Morgan fingerprint density at radius 3 is 2.33 bits per heavy atom. The number of aromatic nitrogens is 2. The molecule has 5 nitrogen and oxygen atoms in total. The second kappa shape index (κ2) is 5.20. The summed E-state index contributed by atoms with van der Waals surface area (Å²) in [5.41, 5.74) is -0.659. The predicted molar refractivity (Wildman–Crippen MR) is 69.2 cm³/mol. The lowest BCUT2D eigenvalue weighted by atomic mass is 9.95. The third kappa shape index (κ3) is 2.88. The molecule has 0 aliphatic carbocycles. The molecule has 0 saturated heterocycles. The zero-order valence-corrected chi connectivity index (χ0v) is 11.5. The van der Waals surface area contributed by atoms with Gasteiger partial charge in [-0.25, -0.2) is 9.97 Å². The molecule has 94 valence electrons. The van der Waals surface area contributed by atoms with Crippen molar-refractivity contribution in [1.82, 2.24) is 9.97 Å². The highest BCUT2D eigenvalue weighted by Gasteiger charge is 2.26. The van der Waals surface area contributed by atoms with Crippen LogP contribution in [-0.4, -0.2) is 16.0 Å². The van der Waals surface area contributed by atoms with E-state index in [4.69, 9.17) is 22.1 Å². The molecule has 0 amide bonds. The number of rotatable bonds is 3. The number of hydrogen-bond donors (Lipinski definition) is 1. The summed E-state index contributed by atoms with van der Waals surface area (Å²) in [4.78, 5) is 8.26. The summed E-state index contributed by atoms with van der Waals surface area (Å²) in [6, 6.07) is 4.17. The molecule has 1 rings (SSSR count). The summed E-state index contributed by atoms with van der Waals surface area (Å²) in [6.07, 6.45) is 0. The van der Waals surface area contributed by atoms with Gasteiger partial charge in [0.1, 0.15) is 22.9 Å². The van der Waals surface area contributed by atoms with E-state index in [0.29, 0.717) is 11.6 Å². The van der Waals surface area contributed by atoms with Crippen molar-refractivity contribution in [3.8, 4) is 12.1 Å². The lowest BCUT2D eigenvalue weighted by molar-refractivity contribution is 0.628. The molecule has 0 fully saturated rings. The molecule has 0 bridgehead atoms. The van der Waals surface area contributed by atoms with E-state index in [0.717, 1.165) is 0 Å². The average molecular weight is 264 g/mol. The lowest BCUT2D eigenvalue weighted by Gasteiger charge is -2.17. The Hall–Kier alpha value is -1.85. The molecule has 18 heavy (non-hydrogen) atoms. The molecule has 0 atom stereocenters. The van der Waals surface area contributed by atoms with Crippen LogP contribution in [0, 0.1) is 22.7 Å². The van der Waals surface area contributed by atoms with Crippen LogP contribution in [0.5, 0.6) is 0 Å². The fourth-order valence-corrected chi connectivity index (χ4v) is 1.45. The van der Waals surface area contributed by atoms with Crippen molar-refractivity contribution in [1.29, 1.82) is 10.5 Å². The molecule has 1 aromatic rings. The normalized spacial score (nSPS) is 10.9. The van der Waals surface area contributed by atoms with E-state index >= 15 is 0 Å². The highest BCUT2D eigenvalue weighted by molar-refractivity contribution is 6.30. The summed E-state index contributed by atoms with van der Waals surface area (Å²) < 4.78 is 0. The van der Waals surface area contributed by atoms with Crippen LogP contribution in [0.4, 0.5) is 5.82 Å². The quantitative estimate of drug-likeness (QED) is 0.847. The molecule has 1 heterocycles. The number of halogens is 1. The van der Waals surface area contributed by atoms with Gasteiger partial charge in [0.05, 0.1) is 6.07 Å². The number of hydrogen-bond acceptors (Lipinski definition) is 5. The van der Waals surface area contributed by atoms with Crippen LogP contribution < -0.4 is 5.32 Å². The van der Waals surface area contributed by atoms with Crippen molar-refractivity contribution in [3.05, 3.63) is 16.5 Å². The summed E-state index contributed by atoms with van der Waals surface area (Å²) >= 11 is 5.96. The molecule has 0 saturated carbocycles. The minimum Gasteiger partial charge on any atom is -0.367 e. The van der Waals surface area contributed by atoms with E-state index in [2.05, 4.69) is 21.4 Å². The maximum atomic E-state index is 9.08. The van der Waals surface area contributed by atoms with Crippen LogP contribution in [-0.2, 0) is 5.41 Å². The van der Waals surface area contributed by atoms with E-state index < -0.39 is 5.41 Å². The van der Waals surface area contributed by atoms with Crippen LogP contribution in [0.15, 0.2) is 0 Å². The van der Waals surface area contributed by atoms with E-state index in [-0.39, 0.29) is 16.8 Å². The van der Waals surface area contributed by atoms with Gasteiger partial charge in [-0.15, -0.1) is 0 Å². The Bertz CT molecular complexity index is 537. The molecule has 0 aromatic carbocycles. The second-order valence-corrected chi connectivity index (χ2v) is 5.07. The Labute approximate surface area is 111 Å². The van der Waals surface area contributed by atoms with E-state index in [1.807, 2.05) is 19.9 Å². The first kappa shape index (κ1) is 14.2. The van der Waals surface area contributed by atoms with Gasteiger partial charge in [0, 0.05) is 6.04 Å². The van der Waals surface area contributed by atoms with Gasteiger partial charge in [-0.2, -0.15) is 10.5 Å². The maximum absolute atomic E-state index is 9.08. The fraction of sp³-hybridized carbons (Fsp3) is 0.500. The van der Waals surface area contributed by atoms with Crippen molar-refractivity contribution in [2.24, 2.45) is 0 Å². The molecule has 1 aromatic heterocycles. The van der Waals surface area contributed by atoms with Crippen LogP contribution in [0.3, 0.4) is 0 Å². The standard InChI is InChI=1S/C12H14ClN5/c1-7(2)16-10-8(5-14)9(13)17-11(18-10)12(3,4)6-15/h7H,1-4H3,(H,16,17,18). The molecule has 0 aliphatic heterocycles. The molecule has 0 spiro atoms. The minimum absolute atomic E-state index is 0.0639. The van der Waals surface area contributed by atoms with Crippen molar-refractivity contribution >= 4 is 17.4 Å². The molecular weight excluding hydrogens is 250 g/mol. The van der Waals surface area contributed by atoms with Gasteiger partial charge < -0.3 is 5.32 Å². The summed E-state index contributed by atoms with van der Waals surface area (Å²) in [7, 11) is 0. The van der Waals surface area contributed by atoms with Crippen molar-refractivity contribution in [2.45, 2.75) is 39.2 Å². The zero-order valence-electron chi connectivity index (χ0n) is 10.7. The molecular formula is C12H14ClN5. The first-order valence-corrected chi connectivity index (χ1v) is 5.85. The number of anilines is 1. The smallest absolute Gasteiger partial charge is 0.152 e. The number of nitrogens with zero attached hydrogens (tertiary/aromatic N) is 4. The topological polar surface area (TPSA) is 85.4 Å². The molecule has 0 aliphatic rings. The monoisotopic (exact) mass is 263 g/mol. The molecule has 0 unspecified atom stereocenters. The highest BCUT2D eigenvalue weighted by Crippen LogP contribution is 2.26. The van der Waals surface area contributed by atoms with Crippen molar-refractivity contribution in [3.63, 3.8) is 0 Å². The Kier molecular flexibility index (Phi) is 4.11. The first-order chi connectivity index (χ1) is 8.31. The Morgan fingerprint density at radius 1 is 1.28 bits per heavy atom. The van der Waals surface area contributed by atoms with Gasteiger partial charge in [-0.3, -0.25) is 0 Å². The van der Waals surface area contributed by atoms with Gasteiger partial charge >= 0.3 is 0 Å². The summed E-state index contributed by atoms with van der Waals surface area (Å²) in [5.74, 6) is 0.669. The van der Waals surface area contributed by atoms with Gasteiger partial charge in [-0.05, 0) is 27.7 Å². The van der Waals surface area contributed by atoms with Crippen LogP contribution in [0.1, 0.15) is 39.1 Å². The molecule has 6 heteroatoms. The van der Waals surface area contributed by atoms with Gasteiger partial charge in [0.2, 0.25) is 0 Å². The zero-order chi connectivity index (χ0) is 13.9. The molecule has 1 N–H and O–H groups in total. The third-order valence-electron chi connectivity index (χ3n) is 2.24. The average Bonchev–Trinajstić information content (AvgIpc) is 2.27. The molecule has 0 radical (unpaired) electrons. The van der Waals surface area contributed by atoms with Crippen LogP contribution in [0.2, 0.25) is 5.15 Å². The third-order valence-corrected chi connectivity index (χ3v) is 2.51. The van der Waals surface area contributed by atoms with Crippen molar-refractivity contribution in [2.75, 3.05) is 5.32 Å². The Morgan fingerprint density at radius 2 is 1.89 bits per heavy atom. The summed E-state index contributed by atoms with van der Waals surface area (Å²) in [5, 5.41) is 21.2. The number of nitriles is 2. The minimum atomic E-state index is -0.856. The largest absolute Gasteiger partial charge is 0.367 e. The maximum Gasteiger partial charge on any atom is 0.152 e. The van der Waals surface area contributed by atoms with E-state index in [1.165, 1.54) is 0 Å². The van der Waals surface area contributed by atoms with Crippen LogP contribution in [0.25, 0.3) is 0 Å². The summed E-state index contributed by atoms with van der Waals surface area (Å²) in [6.45, 7) is 7.24. The second-order valence-electron chi connectivity index (χ2n) is 4.71. The number of nitrogens with one attached hydrogen (secondary N) is 1. The van der Waals surface area contributed by atoms with Gasteiger partial charge in [0.15, 0.2) is 11.0 Å². The fourth-order valence-electron chi connectivity index (χ4n) is 1.24. The SMILES string of the molecule is CC(C)Nc1nc(C(C)(C)C#N)nc(Cl)c1C#N. The van der Waals surface area contributed by atoms with Gasteiger partial charge in [-0.1, -0.05) is 11.6 Å². The van der Waals surface area contributed by atoms with E-state index in [1.54, 1.807) is 13.8 Å². The van der Waals surface area contributed by atoms with Crippen molar-refractivity contribution < 1.29 is 0 Å². The van der Waals surface area contributed by atoms with E-state index in [9.17, 15) is 0 Å². The highest BCUT2D eigenvalue weighted by atomic mass is 35.5. The predicted octanol–water partition coefficient (Wildman–Crippen LogP) is 2.62. The van der Waals surface area contributed by atoms with Gasteiger partial charge in [0.25, 0.3) is 0 Å². The first-order valence-electron chi connectivity index (χ1n) is 5.47. The van der Waals surface area contributed by atoms with Crippen LogP contribution >= 0.6 is 11.6 Å².